The van der Waals surface area contributed by atoms with Gasteiger partial charge in [0.1, 0.15) is 0 Å². The molecule has 0 aliphatic heterocycles. The Morgan fingerprint density at radius 2 is 1.86 bits per heavy atom. The second-order valence-electron chi connectivity index (χ2n) is 3.02. The summed E-state index contributed by atoms with van der Waals surface area (Å²) in [7, 11) is 0. The van der Waals surface area contributed by atoms with E-state index in [0.717, 1.165) is 12.0 Å². The lowest BCUT2D eigenvalue weighted by atomic mass is 10.2. The molecular formula is C14H14. The Hall–Kier alpha value is -1.66. The molecule has 70 valence electrons. The zero-order chi connectivity index (χ0) is 10.1. The number of hydrogen-bond donors (Lipinski definition) is 0. The van der Waals surface area contributed by atoms with Crippen LogP contribution in [0, 0.1) is 23.7 Å². The minimum atomic E-state index is 0.958. The van der Waals surface area contributed by atoms with Crippen LogP contribution in [0.1, 0.15) is 31.7 Å². The summed E-state index contributed by atoms with van der Waals surface area (Å²) in [6.45, 7) is 2.16. The quantitative estimate of drug-likeness (QED) is 0.486. The van der Waals surface area contributed by atoms with Crippen molar-refractivity contribution in [3.63, 3.8) is 0 Å². The molecule has 0 radical (unpaired) electrons. The van der Waals surface area contributed by atoms with Crippen LogP contribution in [0.5, 0.6) is 0 Å². The molecule has 0 unspecified atom stereocenters. The zero-order valence-corrected chi connectivity index (χ0v) is 8.51. The van der Waals surface area contributed by atoms with Crippen molar-refractivity contribution >= 4 is 0 Å². The molecule has 0 fully saturated rings. The van der Waals surface area contributed by atoms with Crippen molar-refractivity contribution in [1.82, 2.24) is 0 Å². The van der Waals surface area contributed by atoms with Gasteiger partial charge < -0.3 is 0 Å². The Morgan fingerprint density at radius 3 is 2.57 bits per heavy atom. The lowest BCUT2D eigenvalue weighted by Gasteiger charge is -1.84. The van der Waals surface area contributed by atoms with Gasteiger partial charge in [-0.2, -0.15) is 0 Å². The molecule has 0 atom stereocenters. The highest BCUT2D eigenvalue weighted by Gasteiger charge is 1.79. The highest BCUT2D eigenvalue weighted by atomic mass is 13.8. The van der Waals surface area contributed by atoms with Gasteiger partial charge in [-0.3, -0.25) is 0 Å². The molecule has 0 N–H and O–H groups in total. The van der Waals surface area contributed by atoms with Crippen LogP contribution in [0.2, 0.25) is 0 Å². The average Bonchev–Trinajstić information content (AvgIpc) is 2.25. The smallest absolute Gasteiger partial charge is 0.0255 e. The summed E-state index contributed by atoms with van der Waals surface area (Å²) in [5.41, 5.74) is 1.03. The summed E-state index contributed by atoms with van der Waals surface area (Å²) in [6.07, 6.45) is 3.32. The monoisotopic (exact) mass is 182 g/mol. The van der Waals surface area contributed by atoms with Gasteiger partial charge in [0.15, 0.2) is 0 Å². The zero-order valence-electron chi connectivity index (χ0n) is 8.51. The fourth-order valence-corrected chi connectivity index (χ4v) is 0.997. The van der Waals surface area contributed by atoms with Crippen LogP contribution in [0.25, 0.3) is 0 Å². The predicted molar refractivity (Wildman–Crippen MR) is 60.6 cm³/mol. The van der Waals surface area contributed by atoms with E-state index in [-0.39, 0.29) is 0 Å². The highest BCUT2D eigenvalue weighted by Crippen LogP contribution is 1.94. The molecular weight excluding hydrogens is 168 g/mol. The maximum absolute atomic E-state index is 3.03. The molecule has 1 aromatic rings. The second-order valence-corrected chi connectivity index (χ2v) is 3.02. The fraction of sp³-hybridized carbons (Fsp3) is 0.286. The molecule has 0 aromatic heterocycles. The van der Waals surface area contributed by atoms with Crippen LogP contribution in [-0.2, 0) is 0 Å². The molecule has 0 aliphatic carbocycles. The van der Waals surface area contributed by atoms with Crippen molar-refractivity contribution in [2.45, 2.75) is 26.2 Å². The molecule has 14 heavy (non-hydrogen) atoms. The van der Waals surface area contributed by atoms with Crippen molar-refractivity contribution in [2.75, 3.05) is 0 Å². The molecule has 1 rings (SSSR count). The lowest BCUT2D eigenvalue weighted by molar-refractivity contribution is 0.828. The summed E-state index contributed by atoms with van der Waals surface area (Å²) in [5, 5.41) is 0. The van der Waals surface area contributed by atoms with Crippen LogP contribution >= 0.6 is 0 Å². The topological polar surface area (TPSA) is 0 Å². The third-order valence-electron chi connectivity index (χ3n) is 1.79. The van der Waals surface area contributed by atoms with Crippen LogP contribution in [0.4, 0.5) is 0 Å². The predicted octanol–water partition coefficient (Wildman–Crippen LogP) is 3.23. The first-order valence-corrected chi connectivity index (χ1v) is 4.97. The molecule has 0 amide bonds. The van der Waals surface area contributed by atoms with Crippen molar-refractivity contribution in [3.05, 3.63) is 35.9 Å². The van der Waals surface area contributed by atoms with E-state index in [0.29, 0.717) is 0 Å². The van der Waals surface area contributed by atoms with E-state index in [9.17, 15) is 0 Å². The molecule has 0 heterocycles. The lowest BCUT2D eigenvalue weighted by Crippen LogP contribution is -1.69. The standard InChI is InChI=1S/C14H14/c1-2-3-4-5-6-8-11-14-12-9-7-10-13-14/h7,9-10,12-13H,2-4H2,1H3. The van der Waals surface area contributed by atoms with E-state index in [1.807, 2.05) is 30.3 Å². The van der Waals surface area contributed by atoms with Gasteiger partial charge in [0.25, 0.3) is 0 Å². The van der Waals surface area contributed by atoms with Gasteiger partial charge in [0, 0.05) is 12.0 Å². The molecule has 0 aliphatic rings. The van der Waals surface area contributed by atoms with E-state index in [1.54, 1.807) is 0 Å². The molecule has 0 saturated carbocycles. The normalized spacial score (nSPS) is 8.07. The van der Waals surface area contributed by atoms with E-state index in [1.165, 1.54) is 12.8 Å². The third kappa shape index (κ3) is 4.39. The first kappa shape index (κ1) is 10.4. The molecule has 0 spiro atoms. The number of benzene rings is 1. The van der Waals surface area contributed by atoms with Gasteiger partial charge in [-0.25, -0.2) is 0 Å². The van der Waals surface area contributed by atoms with Gasteiger partial charge >= 0.3 is 0 Å². The molecule has 0 heteroatoms. The fourth-order valence-electron chi connectivity index (χ4n) is 0.997. The van der Waals surface area contributed by atoms with Gasteiger partial charge in [0.2, 0.25) is 0 Å². The summed E-state index contributed by atoms with van der Waals surface area (Å²) in [6, 6.07) is 9.92. The first-order valence-electron chi connectivity index (χ1n) is 4.97. The van der Waals surface area contributed by atoms with Gasteiger partial charge in [-0.1, -0.05) is 43.4 Å². The van der Waals surface area contributed by atoms with Gasteiger partial charge in [-0.05, 0) is 30.4 Å². The van der Waals surface area contributed by atoms with Crippen molar-refractivity contribution in [2.24, 2.45) is 0 Å². The minimum Gasteiger partial charge on any atom is -0.0891 e. The van der Waals surface area contributed by atoms with Gasteiger partial charge in [0.05, 0.1) is 0 Å². The summed E-state index contributed by atoms with van der Waals surface area (Å²) >= 11 is 0. The van der Waals surface area contributed by atoms with Crippen molar-refractivity contribution in [1.29, 1.82) is 0 Å². The minimum absolute atomic E-state index is 0.958. The highest BCUT2D eigenvalue weighted by molar-refractivity contribution is 5.39. The first-order chi connectivity index (χ1) is 6.93. The van der Waals surface area contributed by atoms with Gasteiger partial charge in [-0.15, -0.1) is 0 Å². The Kier molecular flexibility index (Phi) is 5.07. The molecule has 0 bridgehead atoms. The Balaban J connectivity index is 2.43. The maximum Gasteiger partial charge on any atom is 0.0255 e. The molecule has 0 saturated heterocycles. The Bertz CT molecular complexity index is 365. The van der Waals surface area contributed by atoms with E-state index in [2.05, 4.69) is 30.6 Å². The second kappa shape index (κ2) is 6.81. The summed E-state index contributed by atoms with van der Waals surface area (Å²) in [5.74, 6) is 11.7. The maximum atomic E-state index is 3.03. The third-order valence-corrected chi connectivity index (χ3v) is 1.79. The average molecular weight is 182 g/mol. The van der Waals surface area contributed by atoms with Crippen molar-refractivity contribution < 1.29 is 0 Å². The van der Waals surface area contributed by atoms with E-state index >= 15 is 0 Å². The number of unbranched alkanes of at least 4 members (excludes halogenated alkanes) is 2. The Labute approximate surface area is 86.3 Å². The largest absolute Gasteiger partial charge is 0.0891 e. The summed E-state index contributed by atoms with van der Waals surface area (Å²) in [4.78, 5) is 0. The molecule has 0 nitrogen and oxygen atoms in total. The van der Waals surface area contributed by atoms with E-state index < -0.39 is 0 Å². The SMILES string of the molecule is CCCCC#CC#Cc1ccccc1. The van der Waals surface area contributed by atoms with Crippen LogP contribution < -0.4 is 0 Å². The van der Waals surface area contributed by atoms with Crippen molar-refractivity contribution in [3.8, 4) is 23.7 Å². The molecule has 1 aromatic carbocycles. The van der Waals surface area contributed by atoms with Crippen LogP contribution in [-0.4, -0.2) is 0 Å². The van der Waals surface area contributed by atoms with Crippen LogP contribution in [0.15, 0.2) is 30.3 Å². The number of rotatable bonds is 2. The summed E-state index contributed by atoms with van der Waals surface area (Å²) < 4.78 is 0. The van der Waals surface area contributed by atoms with E-state index in [4.69, 9.17) is 0 Å². The Morgan fingerprint density at radius 1 is 1.07 bits per heavy atom. The number of hydrogen-bond acceptors (Lipinski definition) is 0. The van der Waals surface area contributed by atoms with Crippen LogP contribution in [0.3, 0.4) is 0 Å².